The third-order valence-corrected chi connectivity index (χ3v) is 7.95. The van der Waals surface area contributed by atoms with Crippen LogP contribution in [0.1, 0.15) is 11.1 Å². The van der Waals surface area contributed by atoms with Crippen molar-refractivity contribution in [1.29, 1.82) is 0 Å². The summed E-state index contributed by atoms with van der Waals surface area (Å²) in [6.07, 6.45) is 0. The maximum atomic E-state index is 3.06. The second-order valence-electron chi connectivity index (χ2n) is 10.7. The average Bonchev–Trinajstić information content (AvgIpc) is 3.62. The van der Waals surface area contributed by atoms with Crippen molar-refractivity contribution in [2.75, 3.05) is 0 Å². The van der Waals surface area contributed by atoms with Gasteiger partial charge in [-0.1, -0.05) is 122 Å². The van der Waals surface area contributed by atoms with Crippen LogP contribution in [0.5, 0.6) is 0 Å². The monoisotopic (exact) mass is 658 g/mol. The van der Waals surface area contributed by atoms with E-state index in [0.29, 0.717) is 0 Å². The zero-order valence-electron chi connectivity index (χ0n) is 25.9. The van der Waals surface area contributed by atoms with Crippen molar-refractivity contribution in [3.05, 3.63) is 172 Å². The van der Waals surface area contributed by atoms with Crippen molar-refractivity contribution in [1.82, 2.24) is 0 Å². The molecule has 0 heterocycles. The summed E-state index contributed by atoms with van der Waals surface area (Å²) in [6, 6.07) is 52.5. The van der Waals surface area contributed by atoms with Gasteiger partial charge in [-0.3, -0.25) is 0 Å². The molecule has 44 heavy (non-hydrogen) atoms. The van der Waals surface area contributed by atoms with Gasteiger partial charge in [0.2, 0.25) is 0 Å². The molecule has 0 N–H and O–H groups in total. The summed E-state index contributed by atoms with van der Waals surface area (Å²) in [4.78, 5) is 0. The first-order valence-electron chi connectivity index (χ1n) is 14.2. The molecule has 0 atom stereocenters. The van der Waals surface area contributed by atoms with E-state index in [-0.39, 0.29) is 14.9 Å². The number of hydrogen-bond acceptors (Lipinski definition) is 0. The van der Waals surface area contributed by atoms with Crippen molar-refractivity contribution in [3.8, 4) is 22.3 Å². The molecule has 8 rings (SSSR count). The molecular formula is C42H36SiZr-4. The Kier molecular flexibility index (Phi) is 11.1. The molecule has 2 heteroatoms. The van der Waals surface area contributed by atoms with Gasteiger partial charge in [-0.05, 0) is 32.7 Å². The third-order valence-electron chi connectivity index (χ3n) is 7.95. The Hall–Kier alpha value is -3.84. The number of fused-ring (bicyclic) bond motifs is 4. The molecule has 8 aromatic rings. The fraction of sp³-hybridized carbons (Fsp3) is 0.0476. The molecule has 0 aliphatic rings. The second-order valence-corrected chi connectivity index (χ2v) is 10.7. The van der Waals surface area contributed by atoms with Crippen LogP contribution < -0.4 is 0 Å². The first-order chi connectivity index (χ1) is 20.7. The number of hydrogen-bond donors (Lipinski definition) is 0. The summed E-state index contributed by atoms with van der Waals surface area (Å²) in [5, 5.41) is 10.6. The SMILES string of the molecule is Cc1cc2c(-c3cccc4ccccc34)cccc2[cH-]1.Cc1cc2c(-c3cccc4ccccc34)cccc2[cH-]1.[CH3-].[CH3-].[Si]=[Zr]. The van der Waals surface area contributed by atoms with Gasteiger partial charge in [0.15, 0.2) is 0 Å². The van der Waals surface area contributed by atoms with Gasteiger partial charge in [-0.15, -0.1) is 69.1 Å². The van der Waals surface area contributed by atoms with Crippen molar-refractivity contribution in [2.45, 2.75) is 13.8 Å². The van der Waals surface area contributed by atoms with E-state index in [0.717, 1.165) is 0 Å². The molecule has 8 aromatic carbocycles. The normalized spacial score (nSPS) is 10.3. The Morgan fingerprint density at radius 1 is 0.409 bits per heavy atom. The molecule has 0 aromatic heterocycles. The van der Waals surface area contributed by atoms with Crippen LogP contribution in [-0.4, -0.2) is 6.88 Å². The van der Waals surface area contributed by atoms with Gasteiger partial charge < -0.3 is 14.9 Å². The molecule has 0 fully saturated rings. The van der Waals surface area contributed by atoms with Crippen molar-refractivity contribution in [2.24, 2.45) is 0 Å². The van der Waals surface area contributed by atoms with Crippen molar-refractivity contribution >= 4 is 50.0 Å². The average molecular weight is 660 g/mol. The van der Waals surface area contributed by atoms with E-state index in [1.807, 2.05) is 0 Å². The number of benzene rings is 6. The predicted octanol–water partition coefficient (Wildman–Crippen LogP) is 11.9. The van der Waals surface area contributed by atoms with Crippen molar-refractivity contribution in [3.63, 3.8) is 0 Å². The Morgan fingerprint density at radius 2 is 0.727 bits per heavy atom. The topological polar surface area (TPSA) is 0 Å². The van der Waals surface area contributed by atoms with E-state index in [1.54, 1.807) is 0 Å². The molecule has 0 bridgehead atoms. The van der Waals surface area contributed by atoms with Gasteiger partial charge in [-0.25, -0.2) is 0 Å². The molecule has 0 aliphatic heterocycles. The van der Waals surface area contributed by atoms with E-state index in [2.05, 4.69) is 166 Å². The minimum atomic E-state index is 0. The zero-order chi connectivity index (χ0) is 29.1. The molecule has 0 amide bonds. The Balaban J connectivity index is 0.000000182. The molecule has 0 spiro atoms. The van der Waals surface area contributed by atoms with Crippen LogP contribution in [0.2, 0.25) is 0 Å². The molecule has 216 valence electrons. The van der Waals surface area contributed by atoms with Gasteiger partial charge in [0, 0.05) is 0 Å². The summed E-state index contributed by atoms with van der Waals surface area (Å²) in [5.41, 5.74) is 7.94. The summed E-state index contributed by atoms with van der Waals surface area (Å²) in [7, 11) is 0. The summed E-state index contributed by atoms with van der Waals surface area (Å²) in [5.74, 6) is 0. The first-order valence-corrected chi connectivity index (χ1v) is 18.4. The molecule has 0 saturated heterocycles. The fourth-order valence-electron chi connectivity index (χ4n) is 6.16. The molecule has 0 saturated carbocycles. The van der Waals surface area contributed by atoms with Crippen LogP contribution in [-0.2, 0) is 23.3 Å². The van der Waals surface area contributed by atoms with Gasteiger partial charge in [0.05, 0.1) is 0 Å². The molecule has 0 nitrogen and oxygen atoms in total. The van der Waals surface area contributed by atoms with Gasteiger partial charge in [0.25, 0.3) is 0 Å². The Labute approximate surface area is 279 Å². The summed E-state index contributed by atoms with van der Waals surface area (Å²) >= 11 is 1.36. The summed E-state index contributed by atoms with van der Waals surface area (Å²) < 4.78 is 0. The quantitative estimate of drug-likeness (QED) is 0.128. The van der Waals surface area contributed by atoms with Crippen molar-refractivity contribution < 1.29 is 23.3 Å². The van der Waals surface area contributed by atoms with Gasteiger partial charge >= 0.3 is 30.2 Å². The second kappa shape index (κ2) is 14.8. The van der Waals surface area contributed by atoms with E-state index in [9.17, 15) is 0 Å². The van der Waals surface area contributed by atoms with Crippen LogP contribution in [0.15, 0.2) is 146 Å². The van der Waals surface area contributed by atoms with Crippen LogP contribution in [0.3, 0.4) is 0 Å². The van der Waals surface area contributed by atoms with E-state index >= 15 is 0 Å². The predicted molar refractivity (Wildman–Crippen MR) is 193 cm³/mol. The van der Waals surface area contributed by atoms with Crippen LogP contribution in [0.4, 0.5) is 0 Å². The van der Waals surface area contributed by atoms with Crippen LogP contribution in [0.25, 0.3) is 65.3 Å². The molecule has 0 unspecified atom stereocenters. The molecular weight excluding hydrogens is 624 g/mol. The van der Waals surface area contributed by atoms with Gasteiger partial charge in [-0.2, -0.15) is 12.1 Å². The summed E-state index contributed by atoms with van der Waals surface area (Å²) in [6.45, 7) is 7.38. The zero-order valence-corrected chi connectivity index (χ0v) is 29.3. The number of rotatable bonds is 2. The molecule has 0 aliphatic carbocycles. The number of aryl methyl sites for hydroxylation is 2. The Morgan fingerprint density at radius 3 is 1.14 bits per heavy atom. The van der Waals surface area contributed by atoms with E-state index in [1.165, 1.54) is 99.8 Å². The fourth-order valence-corrected chi connectivity index (χ4v) is 6.16. The van der Waals surface area contributed by atoms with E-state index in [4.69, 9.17) is 0 Å². The Bertz CT molecular complexity index is 2000. The minimum absolute atomic E-state index is 0. The third kappa shape index (κ3) is 6.48. The first kappa shape index (κ1) is 33.1. The molecule has 2 radical (unpaired) electrons. The van der Waals surface area contributed by atoms with Crippen LogP contribution >= 0.6 is 0 Å². The van der Waals surface area contributed by atoms with Gasteiger partial charge in [0.1, 0.15) is 0 Å². The standard InChI is InChI=1S/2C20H15.2CH3.Si.Zr/c2*1-14-12-16-8-5-11-19(20(16)13-14)18-10-4-7-15-6-2-3-9-17(15)18;;;;/h2*2-13H,1H3;2*1H3;;/q4*-1;;. The van der Waals surface area contributed by atoms with Crippen LogP contribution in [0, 0.1) is 28.7 Å². The maximum absolute atomic E-state index is 3.06. The van der Waals surface area contributed by atoms with E-state index < -0.39 is 0 Å².